The maximum absolute atomic E-state index is 12.2. The smallest absolute Gasteiger partial charge is 0.312 e. The Morgan fingerprint density at radius 2 is 2.15 bits per heavy atom. The summed E-state index contributed by atoms with van der Waals surface area (Å²) in [5.74, 6) is 1.88. The summed E-state index contributed by atoms with van der Waals surface area (Å²) in [4.78, 5) is 12.2. The average molecular weight is 339 g/mol. The molecule has 0 aliphatic heterocycles. The zero-order valence-corrected chi connectivity index (χ0v) is 13.3. The van der Waals surface area contributed by atoms with Gasteiger partial charge in [-0.05, 0) is 35.9 Å². The highest BCUT2D eigenvalue weighted by Crippen LogP contribution is 2.43. The molecule has 0 aromatic carbocycles. The van der Waals surface area contributed by atoms with Gasteiger partial charge in [0.2, 0.25) is 0 Å². The molecule has 2 aliphatic carbocycles. The largest absolute Gasteiger partial charge is 0.469 e. The number of hydrogen-bond donors (Lipinski definition) is 0. The predicted octanol–water partition coefficient (Wildman–Crippen LogP) is 4.24. The first kappa shape index (κ1) is 13.9. The first-order valence-electron chi connectivity index (χ1n) is 7.19. The van der Waals surface area contributed by atoms with E-state index < -0.39 is 0 Å². The third kappa shape index (κ3) is 2.46. The number of carbonyl (C=O) groups excluding carboxylic acids is 1. The van der Waals surface area contributed by atoms with E-state index in [1.165, 1.54) is 11.6 Å². The molecule has 0 amide bonds. The van der Waals surface area contributed by atoms with Gasteiger partial charge < -0.3 is 9.15 Å². The highest BCUT2D eigenvalue weighted by molar-refractivity contribution is 9.11. The molecule has 3 nitrogen and oxygen atoms in total. The number of hydrogen-bond acceptors (Lipinski definition) is 3. The van der Waals surface area contributed by atoms with Crippen molar-refractivity contribution in [2.45, 2.75) is 44.9 Å². The number of fused-ring (bicyclic) bond motifs is 1. The fraction of sp³-hybridized carbons (Fsp3) is 0.562. The molecule has 1 aromatic rings. The Morgan fingerprint density at radius 3 is 2.85 bits per heavy atom. The second kappa shape index (κ2) is 5.40. The van der Waals surface area contributed by atoms with Crippen LogP contribution in [0.5, 0.6) is 0 Å². The summed E-state index contributed by atoms with van der Waals surface area (Å²) in [6.45, 7) is 0. The maximum atomic E-state index is 12.2. The number of methoxy groups -OCH3 is 1. The molecule has 20 heavy (non-hydrogen) atoms. The molecule has 4 heteroatoms. The molecule has 1 saturated carbocycles. The normalized spacial score (nSPS) is 20.4. The van der Waals surface area contributed by atoms with Gasteiger partial charge in [-0.15, -0.1) is 0 Å². The fourth-order valence-electron chi connectivity index (χ4n) is 3.43. The zero-order valence-electron chi connectivity index (χ0n) is 11.7. The average Bonchev–Trinajstić information content (AvgIpc) is 3.05. The van der Waals surface area contributed by atoms with Crippen molar-refractivity contribution in [1.82, 2.24) is 0 Å². The summed E-state index contributed by atoms with van der Waals surface area (Å²) < 4.78 is 12.2. The number of furan rings is 1. The fourth-order valence-corrected chi connectivity index (χ4v) is 3.88. The van der Waals surface area contributed by atoms with Gasteiger partial charge >= 0.3 is 5.97 Å². The van der Waals surface area contributed by atoms with Crippen molar-refractivity contribution >= 4 is 28.0 Å². The number of esters is 1. The predicted molar refractivity (Wildman–Crippen MR) is 80.6 cm³/mol. The molecular formula is C16H19BrO3. The Kier molecular flexibility index (Phi) is 3.76. The van der Waals surface area contributed by atoms with E-state index in [4.69, 9.17) is 9.15 Å². The quantitative estimate of drug-likeness (QED) is 0.774. The lowest BCUT2D eigenvalue weighted by molar-refractivity contribution is -0.152. The molecule has 0 unspecified atom stereocenters. The molecule has 1 heterocycles. The van der Waals surface area contributed by atoms with Gasteiger partial charge in [-0.3, -0.25) is 4.79 Å². The van der Waals surface area contributed by atoms with Crippen LogP contribution in [-0.4, -0.2) is 13.1 Å². The van der Waals surface area contributed by atoms with Crippen LogP contribution in [0.2, 0.25) is 0 Å². The highest BCUT2D eigenvalue weighted by Gasteiger charge is 2.43. The minimum absolute atomic E-state index is 0.0823. The molecule has 1 aromatic heterocycles. The van der Waals surface area contributed by atoms with E-state index in [1.54, 1.807) is 0 Å². The second-order valence-electron chi connectivity index (χ2n) is 5.84. The topological polar surface area (TPSA) is 39.4 Å². The molecule has 0 radical (unpaired) electrons. The number of halogens is 1. The number of aryl methyl sites for hydroxylation is 1. The van der Waals surface area contributed by atoms with E-state index in [-0.39, 0.29) is 11.4 Å². The molecule has 0 bridgehead atoms. The van der Waals surface area contributed by atoms with Crippen LogP contribution >= 0.6 is 15.9 Å². The Bertz CT molecular complexity index is 550. The molecule has 2 aliphatic rings. The van der Waals surface area contributed by atoms with Crippen LogP contribution in [-0.2, 0) is 22.4 Å². The summed E-state index contributed by atoms with van der Waals surface area (Å²) >= 11 is 3.55. The van der Waals surface area contributed by atoms with Crippen molar-refractivity contribution in [2.75, 3.05) is 7.11 Å². The van der Waals surface area contributed by atoms with E-state index in [0.717, 1.165) is 55.6 Å². The van der Waals surface area contributed by atoms with Crippen LogP contribution in [0, 0.1) is 5.41 Å². The molecule has 0 saturated heterocycles. The molecule has 3 rings (SSSR count). The van der Waals surface area contributed by atoms with Gasteiger partial charge in [0.25, 0.3) is 0 Å². The van der Waals surface area contributed by atoms with Crippen molar-refractivity contribution in [3.63, 3.8) is 0 Å². The van der Waals surface area contributed by atoms with Crippen molar-refractivity contribution in [3.8, 4) is 0 Å². The number of allylic oxidation sites excluding steroid dienone is 1. The zero-order chi connectivity index (χ0) is 14.2. The molecular weight excluding hydrogens is 320 g/mol. The van der Waals surface area contributed by atoms with Gasteiger partial charge in [-0.2, -0.15) is 0 Å². The van der Waals surface area contributed by atoms with Crippen molar-refractivity contribution in [1.29, 1.82) is 0 Å². The lowest BCUT2D eigenvalue weighted by atomic mass is 9.82. The molecule has 0 atom stereocenters. The standard InChI is InChI=1S/C16H19BrO3/c1-19-15(18)16(6-2-3-7-16)10-13-9-11-8-12(17)4-5-14(11)20-13/h8-9H,2-7,10H2,1H3. The van der Waals surface area contributed by atoms with Crippen molar-refractivity contribution in [3.05, 3.63) is 27.6 Å². The Balaban J connectivity index is 1.85. The van der Waals surface area contributed by atoms with Crippen LogP contribution in [0.4, 0.5) is 0 Å². The SMILES string of the molecule is COC(=O)C1(Cc2cc3c(o2)CCC(Br)=C3)CCCC1. The van der Waals surface area contributed by atoms with Crippen molar-refractivity contribution < 1.29 is 13.9 Å². The Morgan fingerprint density at radius 1 is 1.40 bits per heavy atom. The van der Waals surface area contributed by atoms with Gasteiger partial charge in [0, 0.05) is 18.4 Å². The number of carbonyl (C=O) groups is 1. The Labute approximate surface area is 127 Å². The minimum atomic E-state index is -0.365. The van der Waals surface area contributed by atoms with Gasteiger partial charge in [0.1, 0.15) is 11.5 Å². The summed E-state index contributed by atoms with van der Waals surface area (Å²) in [7, 11) is 1.48. The lowest BCUT2D eigenvalue weighted by Gasteiger charge is -2.24. The van der Waals surface area contributed by atoms with Crippen LogP contribution in [0.1, 0.15) is 49.2 Å². The van der Waals surface area contributed by atoms with Crippen molar-refractivity contribution in [2.24, 2.45) is 5.41 Å². The van der Waals surface area contributed by atoms with E-state index in [9.17, 15) is 4.79 Å². The van der Waals surface area contributed by atoms with Gasteiger partial charge in [0.05, 0.1) is 12.5 Å². The summed E-state index contributed by atoms with van der Waals surface area (Å²) in [6, 6.07) is 2.08. The minimum Gasteiger partial charge on any atom is -0.469 e. The van der Waals surface area contributed by atoms with Gasteiger partial charge in [-0.1, -0.05) is 28.8 Å². The van der Waals surface area contributed by atoms with Gasteiger partial charge in [-0.25, -0.2) is 0 Å². The number of rotatable bonds is 3. The molecule has 1 fully saturated rings. The maximum Gasteiger partial charge on any atom is 0.312 e. The number of ether oxygens (including phenoxy) is 1. The van der Waals surface area contributed by atoms with E-state index in [1.807, 2.05) is 0 Å². The van der Waals surface area contributed by atoms with Crippen LogP contribution in [0.25, 0.3) is 6.08 Å². The van der Waals surface area contributed by atoms with Crippen LogP contribution in [0.15, 0.2) is 15.0 Å². The second-order valence-corrected chi connectivity index (χ2v) is 6.86. The van der Waals surface area contributed by atoms with E-state index in [0.29, 0.717) is 6.42 Å². The monoisotopic (exact) mass is 338 g/mol. The van der Waals surface area contributed by atoms with Crippen LogP contribution < -0.4 is 0 Å². The van der Waals surface area contributed by atoms with E-state index in [2.05, 4.69) is 28.1 Å². The third-order valence-corrected chi connectivity index (χ3v) is 5.11. The third-order valence-electron chi connectivity index (χ3n) is 4.49. The highest BCUT2D eigenvalue weighted by atomic mass is 79.9. The first-order valence-corrected chi connectivity index (χ1v) is 7.98. The summed E-state index contributed by atoms with van der Waals surface area (Å²) in [6.07, 6.45) is 8.71. The first-order chi connectivity index (χ1) is 9.63. The van der Waals surface area contributed by atoms with E-state index >= 15 is 0 Å². The molecule has 108 valence electrons. The molecule has 0 spiro atoms. The molecule has 0 N–H and O–H groups in total. The summed E-state index contributed by atoms with van der Waals surface area (Å²) in [5.41, 5.74) is 0.784. The van der Waals surface area contributed by atoms with Gasteiger partial charge in [0.15, 0.2) is 0 Å². The van der Waals surface area contributed by atoms with Crippen LogP contribution in [0.3, 0.4) is 0 Å². The Hall–Kier alpha value is -1.03. The summed E-state index contributed by atoms with van der Waals surface area (Å²) in [5, 5.41) is 0. The lowest BCUT2D eigenvalue weighted by Crippen LogP contribution is -2.31.